The third kappa shape index (κ3) is 4.41. The Morgan fingerprint density at radius 3 is 2.46 bits per heavy atom. The number of rotatable bonds is 8. The van der Waals surface area contributed by atoms with Crippen LogP contribution in [0, 0.1) is 0 Å². The second-order valence-electron chi connectivity index (χ2n) is 7.37. The molecule has 1 fully saturated rings. The predicted molar refractivity (Wildman–Crippen MR) is 116 cm³/mol. The summed E-state index contributed by atoms with van der Waals surface area (Å²) in [7, 11) is 0. The molecule has 5 heteroatoms. The zero-order chi connectivity index (χ0) is 20.0. The van der Waals surface area contributed by atoms with E-state index in [0.29, 0.717) is 25.1 Å². The van der Waals surface area contributed by atoms with Crippen LogP contribution in [0.5, 0.6) is 0 Å². The summed E-state index contributed by atoms with van der Waals surface area (Å²) in [6, 6.07) is 18.1. The molecule has 2 aromatic carbocycles. The zero-order valence-electron chi connectivity index (χ0n) is 16.6. The lowest BCUT2D eigenvalue weighted by Gasteiger charge is -2.49. The molecule has 28 heavy (non-hydrogen) atoms. The lowest BCUT2D eigenvalue weighted by Crippen LogP contribution is -2.67. The molecule has 1 atom stereocenters. The van der Waals surface area contributed by atoms with Crippen LogP contribution in [-0.4, -0.2) is 47.4 Å². The first kappa shape index (κ1) is 20.5. The molecule has 1 aliphatic heterocycles. The fraction of sp³-hybridized carbons (Fsp3) is 0.391. The Morgan fingerprint density at radius 2 is 1.79 bits per heavy atom. The highest BCUT2D eigenvalue weighted by atomic mass is 32.2. The summed E-state index contributed by atoms with van der Waals surface area (Å²) < 4.78 is 0. The molecule has 1 unspecified atom stereocenters. The molecule has 1 aliphatic rings. The van der Waals surface area contributed by atoms with E-state index in [1.54, 1.807) is 16.7 Å². The second kappa shape index (κ2) is 9.28. The number of thioether (sulfide) groups is 1. The van der Waals surface area contributed by atoms with Crippen LogP contribution in [0.4, 0.5) is 0 Å². The minimum Gasteiger partial charge on any atom is -0.353 e. The van der Waals surface area contributed by atoms with Crippen LogP contribution in [0.2, 0.25) is 0 Å². The second-order valence-corrected chi connectivity index (χ2v) is 8.36. The van der Waals surface area contributed by atoms with E-state index in [1.165, 1.54) is 5.56 Å². The van der Waals surface area contributed by atoms with E-state index in [2.05, 4.69) is 17.4 Å². The van der Waals surface area contributed by atoms with E-state index >= 15 is 0 Å². The quantitative estimate of drug-likeness (QED) is 0.694. The number of carbonyl (C=O) groups is 2. The normalized spacial score (nSPS) is 18.4. The van der Waals surface area contributed by atoms with Crippen LogP contribution >= 0.6 is 11.8 Å². The van der Waals surface area contributed by atoms with Crippen LogP contribution in [0.3, 0.4) is 0 Å². The smallest absolute Gasteiger partial charge is 0.255 e. The van der Waals surface area contributed by atoms with Gasteiger partial charge in [0.15, 0.2) is 0 Å². The first-order valence-electron chi connectivity index (χ1n) is 9.77. The van der Waals surface area contributed by atoms with Gasteiger partial charge < -0.3 is 10.2 Å². The Morgan fingerprint density at radius 1 is 1.07 bits per heavy atom. The molecule has 0 radical (unpaired) electrons. The molecule has 1 N–H and O–H groups in total. The van der Waals surface area contributed by atoms with Gasteiger partial charge in [-0.25, -0.2) is 0 Å². The molecule has 2 amide bonds. The summed E-state index contributed by atoms with van der Waals surface area (Å²) in [5.74, 6) is 0.776. The molecule has 1 heterocycles. The molecule has 0 aromatic heterocycles. The maximum absolute atomic E-state index is 13.3. The number of carbonyl (C=O) groups excluding carboxylic acids is 2. The first-order chi connectivity index (χ1) is 13.6. The zero-order valence-corrected chi connectivity index (χ0v) is 17.4. The average Bonchev–Trinajstić information content (AvgIpc) is 2.71. The standard InChI is InChI=1S/C23H28N2O2S/c1-23(22(27)24-15-17-28-2)14-16-25(23)21(26)20-11-7-6-10-19(20)13-12-18-8-4-3-5-9-18/h3-11H,12-17H2,1-2H3,(H,24,27). The van der Waals surface area contributed by atoms with E-state index < -0.39 is 5.54 Å². The third-order valence-corrected chi connectivity index (χ3v) is 6.13. The molecule has 148 valence electrons. The van der Waals surface area contributed by atoms with Crippen molar-refractivity contribution in [3.63, 3.8) is 0 Å². The van der Waals surface area contributed by atoms with E-state index in [-0.39, 0.29) is 11.8 Å². The monoisotopic (exact) mass is 396 g/mol. The van der Waals surface area contributed by atoms with Crippen LogP contribution in [0.15, 0.2) is 54.6 Å². The van der Waals surface area contributed by atoms with Crippen molar-refractivity contribution >= 4 is 23.6 Å². The molecule has 2 aromatic rings. The molecule has 1 saturated heterocycles. The van der Waals surface area contributed by atoms with Gasteiger partial charge in [-0.1, -0.05) is 48.5 Å². The fourth-order valence-corrected chi connectivity index (χ4v) is 3.90. The molecule has 0 bridgehead atoms. The topological polar surface area (TPSA) is 49.4 Å². The van der Waals surface area contributed by atoms with Gasteiger partial charge in [0.25, 0.3) is 5.91 Å². The maximum Gasteiger partial charge on any atom is 0.255 e. The molecule has 0 spiro atoms. The van der Waals surface area contributed by atoms with Gasteiger partial charge in [0, 0.05) is 24.4 Å². The molecular weight excluding hydrogens is 368 g/mol. The van der Waals surface area contributed by atoms with Crippen LogP contribution in [0.1, 0.15) is 34.8 Å². The summed E-state index contributed by atoms with van der Waals surface area (Å²) in [5, 5.41) is 2.97. The Balaban J connectivity index is 1.71. The van der Waals surface area contributed by atoms with Crippen molar-refractivity contribution in [2.24, 2.45) is 0 Å². The predicted octanol–water partition coefficient (Wildman–Crippen LogP) is 3.56. The highest BCUT2D eigenvalue weighted by Crippen LogP contribution is 2.33. The van der Waals surface area contributed by atoms with Crippen molar-refractivity contribution < 1.29 is 9.59 Å². The molecular formula is C23H28N2O2S. The summed E-state index contributed by atoms with van der Waals surface area (Å²) in [6.07, 6.45) is 4.41. The van der Waals surface area contributed by atoms with Crippen LogP contribution < -0.4 is 5.32 Å². The number of aryl methyl sites for hydroxylation is 2. The van der Waals surface area contributed by atoms with Crippen molar-refractivity contribution in [3.8, 4) is 0 Å². The van der Waals surface area contributed by atoms with Crippen molar-refractivity contribution in [1.82, 2.24) is 10.2 Å². The maximum atomic E-state index is 13.3. The number of amides is 2. The van der Waals surface area contributed by atoms with Crippen LogP contribution in [-0.2, 0) is 17.6 Å². The number of hydrogen-bond donors (Lipinski definition) is 1. The number of likely N-dealkylation sites (tertiary alicyclic amines) is 1. The van der Waals surface area contributed by atoms with Crippen molar-refractivity contribution in [1.29, 1.82) is 0 Å². The Bertz CT molecular complexity index is 824. The van der Waals surface area contributed by atoms with E-state index in [0.717, 1.165) is 24.2 Å². The Labute approximate surface area is 171 Å². The van der Waals surface area contributed by atoms with Gasteiger partial charge in [-0.05, 0) is 49.6 Å². The van der Waals surface area contributed by atoms with Crippen molar-refractivity contribution in [3.05, 3.63) is 71.3 Å². The van der Waals surface area contributed by atoms with Gasteiger partial charge in [0.2, 0.25) is 5.91 Å². The summed E-state index contributed by atoms with van der Waals surface area (Å²) in [5.41, 5.74) is 2.25. The van der Waals surface area contributed by atoms with Crippen molar-refractivity contribution in [2.45, 2.75) is 31.7 Å². The van der Waals surface area contributed by atoms with E-state index in [9.17, 15) is 9.59 Å². The van der Waals surface area contributed by atoms with Gasteiger partial charge in [-0.15, -0.1) is 0 Å². The largest absolute Gasteiger partial charge is 0.353 e. The van der Waals surface area contributed by atoms with E-state index in [4.69, 9.17) is 0 Å². The Kier molecular flexibility index (Phi) is 6.79. The molecule has 4 nitrogen and oxygen atoms in total. The summed E-state index contributed by atoms with van der Waals surface area (Å²) in [6.45, 7) is 3.12. The van der Waals surface area contributed by atoms with Crippen molar-refractivity contribution in [2.75, 3.05) is 25.1 Å². The molecule has 0 aliphatic carbocycles. The minimum atomic E-state index is -0.748. The number of hydrogen-bond acceptors (Lipinski definition) is 3. The molecule has 0 saturated carbocycles. The van der Waals surface area contributed by atoms with Gasteiger partial charge in [-0.2, -0.15) is 11.8 Å². The highest BCUT2D eigenvalue weighted by Gasteiger charge is 2.49. The minimum absolute atomic E-state index is 0.0440. The SMILES string of the molecule is CSCCNC(=O)C1(C)CCN1C(=O)c1ccccc1CCc1ccccc1. The van der Waals surface area contributed by atoms with Gasteiger partial charge in [0.1, 0.15) is 5.54 Å². The highest BCUT2D eigenvalue weighted by molar-refractivity contribution is 7.98. The van der Waals surface area contributed by atoms with E-state index in [1.807, 2.05) is 55.6 Å². The first-order valence-corrected chi connectivity index (χ1v) is 11.2. The van der Waals surface area contributed by atoms with Gasteiger partial charge >= 0.3 is 0 Å². The summed E-state index contributed by atoms with van der Waals surface area (Å²) in [4.78, 5) is 27.6. The number of nitrogens with one attached hydrogen (secondary N) is 1. The Hall–Kier alpha value is -2.27. The number of benzene rings is 2. The lowest BCUT2D eigenvalue weighted by atomic mass is 9.84. The number of nitrogens with zero attached hydrogens (tertiary/aromatic N) is 1. The fourth-order valence-electron chi connectivity index (χ4n) is 3.59. The van der Waals surface area contributed by atoms with Crippen LogP contribution in [0.25, 0.3) is 0 Å². The average molecular weight is 397 g/mol. The van der Waals surface area contributed by atoms with Gasteiger partial charge in [0.05, 0.1) is 0 Å². The lowest BCUT2D eigenvalue weighted by molar-refractivity contribution is -0.137. The molecule has 3 rings (SSSR count). The summed E-state index contributed by atoms with van der Waals surface area (Å²) >= 11 is 1.69. The van der Waals surface area contributed by atoms with Gasteiger partial charge in [-0.3, -0.25) is 9.59 Å². The third-order valence-electron chi connectivity index (χ3n) is 5.52.